The van der Waals surface area contributed by atoms with E-state index in [0.29, 0.717) is 16.8 Å². The third kappa shape index (κ3) is 4.03. The molecule has 1 aliphatic heterocycles. The Balaban J connectivity index is 1.43. The van der Waals surface area contributed by atoms with Gasteiger partial charge in [0.2, 0.25) is 0 Å². The van der Waals surface area contributed by atoms with Crippen LogP contribution in [0.3, 0.4) is 0 Å². The van der Waals surface area contributed by atoms with Gasteiger partial charge in [-0.15, -0.1) is 0 Å². The molecule has 0 aliphatic carbocycles. The number of hydrogen-bond acceptors (Lipinski definition) is 2. The lowest BCUT2D eigenvalue weighted by Crippen LogP contribution is -2.34. The maximum absolute atomic E-state index is 13.1. The highest BCUT2D eigenvalue weighted by Gasteiger charge is 2.24. The normalized spacial score (nSPS) is 15.9. The van der Waals surface area contributed by atoms with Gasteiger partial charge in [0.05, 0.1) is 0 Å². The predicted octanol–water partition coefficient (Wildman–Crippen LogP) is 3.95. The van der Waals surface area contributed by atoms with Crippen molar-refractivity contribution in [1.29, 1.82) is 0 Å². The molecule has 1 atom stereocenters. The number of para-hydroxylation sites is 1. The number of nitrogens with zero attached hydrogens (tertiary/aromatic N) is 1. The molecule has 0 aromatic heterocycles. The molecule has 0 bridgehead atoms. The molecule has 24 heavy (non-hydrogen) atoms. The number of fused-ring (bicyclic) bond motifs is 1. The van der Waals surface area contributed by atoms with Crippen LogP contribution in [0.15, 0.2) is 48.5 Å². The fourth-order valence-electron chi connectivity index (χ4n) is 3.16. The van der Waals surface area contributed by atoms with E-state index < -0.39 is 0 Å². The fourth-order valence-corrected chi connectivity index (χ4v) is 3.38. The minimum absolute atomic E-state index is 0.274. The summed E-state index contributed by atoms with van der Waals surface area (Å²) in [6.07, 6.45) is 2.10. The van der Waals surface area contributed by atoms with E-state index in [0.717, 1.165) is 25.9 Å². The van der Waals surface area contributed by atoms with Crippen LogP contribution in [-0.4, -0.2) is 24.2 Å². The highest BCUT2D eigenvalue weighted by molar-refractivity contribution is 7.80. The van der Waals surface area contributed by atoms with Crippen molar-refractivity contribution in [3.63, 3.8) is 0 Å². The Kier molecular flexibility index (Phi) is 5.30. The summed E-state index contributed by atoms with van der Waals surface area (Å²) in [4.78, 5) is 2.46. The van der Waals surface area contributed by atoms with Gasteiger partial charge in [-0.3, -0.25) is 0 Å². The van der Waals surface area contributed by atoms with Gasteiger partial charge in [0.15, 0.2) is 5.11 Å². The van der Waals surface area contributed by atoms with Gasteiger partial charge in [0.1, 0.15) is 5.82 Å². The molecule has 1 aliphatic rings. The Morgan fingerprint density at radius 2 is 2.08 bits per heavy atom. The lowest BCUT2D eigenvalue weighted by atomic mass is 10.1. The highest BCUT2D eigenvalue weighted by Crippen LogP contribution is 2.31. The molecule has 0 saturated heterocycles. The third-order valence-corrected chi connectivity index (χ3v) is 4.54. The average Bonchev–Trinajstić information content (AvgIpc) is 2.87. The summed E-state index contributed by atoms with van der Waals surface area (Å²) >= 11 is 5.26. The molecule has 2 N–H and O–H groups in total. The maximum Gasteiger partial charge on any atom is 0.170 e. The van der Waals surface area contributed by atoms with E-state index in [1.807, 2.05) is 0 Å². The SMILES string of the molecule is C[C@H]1Cc2ccccc2N1CCCNC(=S)Nc1cccc(F)c1. The van der Waals surface area contributed by atoms with Crippen molar-refractivity contribution in [2.45, 2.75) is 25.8 Å². The Morgan fingerprint density at radius 1 is 1.25 bits per heavy atom. The van der Waals surface area contributed by atoms with Crippen LogP contribution in [0.4, 0.5) is 15.8 Å². The van der Waals surface area contributed by atoms with Crippen LogP contribution < -0.4 is 15.5 Å². The molecule has 1 heterocycles. The highest BCUT2D eigenvalue weighted by atomic mass is 32.1. The number of nitrogens with one attached hydrogen (secondary N) is 2. The summed E-state index contributed by atoms with van der Waals surface area (Å²) in [6.45, 7) is 4.05. The van der Waals surface area contributed by atoms with Crippen LogP contribution >= 0.6 is 12.2 Å². The first-order valence-corrected chi connectivity index (χ1v) is 8.69. The van der Waals surface area contributed by atoms with Gasteiger partial charge < -0.3 is 15.5 Å². The number of halogens is 1. The predicted molar refractivity (Wildman–Crippen MR) is 102 cm³/mol. The Hall–Kier alpha value is -2.14. The zero-order chi connectivity index (χ0) is 16.9. The van der Waals surface area contributed by atoms with Gasteiger partial charge in [0, 0.05) is 30.5 Å². The van der Waals surface area contributed by atoms with Gasteiger partial charge >= 0.3 is 0 Å². The first kappa shape index (κ1) is 16.7. The van der Waals surface area contributed by atoms with Gasteiger partial charge in [0.25, 0.3) is 0 Å². The smallest absolute Gasteiger partial charge is 0.170 e. The van der Waals surface area contributed by atoms with E-state index in [-0.39, 0.29) is 5.82 Å². The van der Waals surface area contributed by atoms with Crippen molar-refractivity contribution in [3.8, 4) is 0 Å². The van der Waals surface area contributed by atoms with Crippen LogP contribution in [0.25, 0.3) is 0 Å². The number of benzene rings is 2. The van der Waals surface area contributed by atoms with Crippen molar-refractivity contribution in [2.75, 3.05) is 23.3 Å². The summed E-state index contributed by atoms with van der Waals surface area (Å²) in [5.41, 5.74) is 3.45. The van der Waals surface area contributed by atoms with Gasteiger partial charge in [-0.25, -0.2) is 4.39 Å². The number of rotatable bonds is 5. The first-order valence-electron chi connectivity index (χ1n) is 8.28. The molecule has 0 fully saturated rings. The number of thiocarbonyl (C=S) groups is 1. The molecular weight excluding hydrogens is 321 g/mol. The topological polar surface area (TPSA) is 27.3 Å². The second-order valence-corrected chi connectivity index (χ2v) is 6.53. The monoisotopic (exact) mass is 343 g/mol. The van der Waals surface area contributed by atoms with Crippen molar-refractivity contribution in [3.05, 3.63) is 59.9 Å². The molecule has 3 rings (SSSR count). The Bertz CT molecular complexity index is 719. The minimum atomic E-state index is -0.274. The van der Waals surface area contributed by atoms with Crippen LogP contribution in [0.5, 0.6) is 0 Å². The maximum atomic E-state index is 13.1. The molecule has 2 aromatic rings. The third-order valence-electron chi connectivity index (χ3n) is 4.29. The van der Waals surface area contributed by atoms with E-state index in [9.17, 15) is 4.39 Å². The Labute approximate surface area is 147 Å². The molecule has 5 heteroatoms. The molecule has 0 saturated carbocycles. The zero-order valence-corrected chi connectivity index (χ0v) is 14.6. The van der Waals surface area contributed by atoms with Crippen molar-refractivity contribution in [1.82, 2.24) is 5.32 Å². The van der Waals surface area contributed by atoms with E-state index in [1.165, 1.54) is 23.4 Å². The van der Waals surface area contributed by atoms with Crippen LogP contribution in [-0.2, 0) is 6.42 Å². The first-order chi connectivity index (χ1) is 11.6. The second kappa shape index (κ2) is 7.62. The van der Waals surface area contributed by atoms with E-state index in [4.69, 9.17) is 12.2 Å². The van der Waals surface area contributed by atoms with E-state index in [2.05, 4.69) is 46.7 Å². The minimum Gasteiger partial charge on any atom is -0.368 e. The summed E-state index contributed by atoms with van der Waals surface area (Å²) < 4.78 is 13.1. The van der Waals surface area contributed by atoms with Crippen molar-refractivity contribution < 1.29 is 4.39 Å². The molecule has 0 amide bonds. The van der Waals surface area contributed by atoms with Gasteiger partial charge in [-0.2, -0.15) is 0 Å². The van der Waals surface area contributed by atoms with Crippen LogP contribution in [0.1, 0.15) is 18.9 Å². The summed E-state index contributed by atoms with van der Waals surface area (Å²) in [5, 5.41) is 6.71. The molecule has 3 nitrogen and oxygen atoms in total. The molecule has 2 aromatic carbocycles. The standard InChI is InChI=1S/C19H22FN3S/c1-14-12-15-6-2-3-9-18(15)23(14)11-5-10-21-19(24)22-17-8-4-7-16(20)13-17/h2-4,6-9,13-14H,5,10-12H2,1H3,(H2,21,22,24)/t14-/m0/s1. The molecular formula is C19H22FN3S. The van der Waals surface area contributed by atoms with Gasteiger partial charge in [-0.05, 0) is 61.8 Å². The molecule has 0 unspecified atom stereocenters. The lowest BCUT2D eigenvalue weighted by molar-refractivity contribution is 0.628. The summed E-state index contributed by atoms with van der Waals surface area (Å²) in [5.74, 6) is -0.274. The largest absolute Gasteiger partial charge is 0.368 e. The van der Waals surface area contributed by atoms with Crippen LogP contribution in [0.2, 0.25) is 0 Å². The fraction of sp³-hybridized carbons (Fsp3) is 0.316. The summed E-state index contributed by atoms with van der Waals surface area (Å²) in [6, 6.07) is 15.4. The molecule has 0 spiro atoms. The Morgan fingerprint density at radius 3 is 2.92 bits per heavy atom. The lowest BCUT2D eigenvalue weighted by Gasteiger charge is -2.25. The number of anilines is 2. The zero-order valence-electron chi connectivity index (χ0n) is 13.8. The molecule has 0 radical (unpaired) electrons. The van der Waals surface area contributed by atoms with Crippen molar-refractivity contribution >= 4 is 28.7 Å². The van der Waals surface area contributed by atoms with E-state index >= 15 is 0 Å². The summed E-state index contributed by atoms with van der Waals surface area (Å²) in [7, 11) is 0. The molecule has 126 valence electrons. The van der Waals surface area contributed by atoms with Gasteiger partial charge in [-0.1, -0.05) is 24.3 Å². The van der Waals surface area contributed by atoms with Crippen molar-refractivity contribution in [2.24, 2.45) is 0 Å². The average molecular weight is 343 g/mol. The number of hydrogen-bond donors (Lipinski definition) is 2. The second-order valence-electron chi connectivity index (χ2n) is 6.12. The quantitative estimate of drug-likeness (QED) is 0.635. The van der Waals surface area contributed by atoms with E-state index in [1.54, 1.807) is 12.1 Å². The van der Waals surface area contributed by atoms with Crippen LogP contribution in [0, 0.1) is 5.82 Å².